The fraction of sp³-hybridized carbons (Fsp3) is 0.375. The molecule has 1 nitrogen and oxygen atoms in total. The van der Waals surface area contributed by atoms with Gasteiger partial charge in [0.1, 0.15) is 6.04 Å². The third kappa shape index (κ3) is 2.66. The molecular formula is C16H18F3N. The van der Waals surface area contributed by atoms with Crippen LogP contribution in [0.4, 0.5) is 13.2 Å². The van der Waals surface area contributed by atoms with Gasteiger partial charge in [0.15, 0.2) is 0 Å². The summed E-state index contributed by atoms with van der Waals surface area (Å²) in [5.74, 6) is 0. The molecule has 0 spiro atoms. The summed E-state index contributed by atoms with van der Waals surface area (Å²) in [7, 11) is 0. The number of fused-ring (bicyclic) bond motifs is 1. The summed E-state index contributed by atoms with van der Waals surface area (Å²) in [5, 5.41) is 1.40. The summed E-state index contributed by atoms with van der Waals surface area (Å²) >= 11 is 0. The van der Waals surface area contributed by atoms with Crippen molar-refractivity contribution < 1.29 is 13.2 Å². The standard InChI is InChI=1S/C16H18F3N/c1-15(2,3)13-9-8-12(14(20)16(17,18)19)10-6-4-5-7-11(10)13/h4-9,14H,20H2,1-3H3/t14-/m0/s1. The highest BCUT2D eigenvalue weighted by molar-refractivity contribution is 5.90. The Morgan fingerprint density at radius 3 is 1.95 bits per heavy atom. The van der Waals surface area contributed by atoms with Crippen LogP contribution in [0.2, 0.25) is 0 Å². The smallest absolute Gasteiger partial charge is 0.316 e. The molecule has 0 amide bonds. The second kappa shape index (κ2) is 4.77. The molecule has 2 rings (SSSR count). The first-order valence-electron chi connectivity index (χ1n) is 6.47. The maximum atomic E-state index is 12.9. The number of nitrogens with two attached hydrogens (primary N) is 1. The highest BCUT2D eigenvalue weighted by Gasteiger charge is 2.38. The summed E-state index contributed by atoms with van der Waals surface area (Å²) in [5.41, 5.74) is 6.38. The minimum atomic E-state index is -4.44. The van der Waals surface area contributed by atoms with E-state index in [0.717, 1.165) is 10.9 Å². The monoisotopic (exact) mass is 281 g/mol. The lowest BCUT2D eigenvalue weighted by Gasteiger charge is -2.24. The molecule has 0 heterocycles. The summed E-state index contributed by atoms with van der Waals surface area (Å²) in [6.07, 6.45) is -4.44. The molecular weight excluding hydrogens is 263 g/mol. The van der Waals surface area contributed by atoms with Crippen LogP contribution in [0.5, 0.6) is 0 Å². The number of rotatable bonds is 1. The van der Waals surface area contributed by atoms with Gasteiger partial charge < -0.3 is 5.73 Å². The molecule has 2 N–H and O–H groups in total. The largest absolute Gasteiger partial charge is 0.407 e. The SMILES string of the molecule is CC(C)(C)c1ccc([C@H](N)C(F)(F)F)c2ccccc12. The molecule has 0 aromatic heterocycles. The Bertz CT molecular complexity index is 624. The van der Waals surface area contributed by atoms with E-state index in [1.54, 1.807) is 18.2 Å². The van der Waals surface area contributed by atoms with E-state index in [9.17, 15) is 13.2 Å². The zero-order chi connectivity index (χ0) is 15.1. The average molecular weight is 281 g/mol. The lowest BCUT2D eigenvalue weighted by atomic mass is 9.82. The molecule has 0 unspecified atom stereocenters. The molecule has 0 aliphatic heterocycles. The van der Waals surface area contributed by atoms with Crippen LogP contribution in [0.15, 0.2) is 36.4 Å². The zero-order valence-corrected chi connectivity index (χ0v) is 11.8. The molecule has 0 bridgehead atoms. The van der Waals surface area contributed by atoms with Gasteiger partial charge >= 0.3 is 6.18 Å². The van der Waals surface area contributed by atoms with Crippen LogP contribution in [0.1, 0.15) is 37.9 Å². The maximum absolute atomic E-state index is 12.9. The van der Waals surface area contributed by atoms with E-state index >= 15 is 0 Å². The first-order chi connectivity index (χ1) is 9.12. The molecule has 20 heavy (non-hydrogen) atoms. The van der Waals surface area contributed by atoms with Gasteiger partial charge in [0, 0.05) is 0 Å². The Labute approximate surface area is 116 Å². The zero-order valence-electron chi connectivity index (χ0n) is 11.8. The highest BCUT2D eigenvalue weighted by atomic mass is 19.4. The number of hydrogen-bond donors (Lipinski definition) is 1. The highest BCUT2D eigenvalue weighted by Crippen LogP contribution is 2.38. The van der Waals surface area contributed by atoms with Gasteiger partial charge in [0.25, 0.3) is 0 Å². The van der Waals surface area contributed by atoms with E-state index < -0.39 is 12.2 Å². The van der Waals surface area contributed by atoms with Crippen molar-refractivity contribution in [3.05, 3.63) is 47.5 Å². The van der Waals surface area contributed by atoms with Gasteiger partial charge in [-0.2, -0.15) is 13.2 Å². The Hall–Kier alpha value is -1.55. The maximum Gasteiger partial charge on any atom is 0.407 e. The Kier molecular flexibility index (Phi) is 3.54. The van der Waals surface area contributed by atoms with Crippen LogP contribution >= 0.6 is 0 Å². The molecule has 0 fully saturated rings. The molecule has 0 saturated carbocycles. The molecule has 2 aromatic carbocycles. The summed E-state index contributed by atoms with van der Waals surface area (Å²) in [6, 6.07) is 8.42. The minimum Gasteiger partial charge on any atom is -0.316 e. The van der Waals surface area contributed by atoms with E-state index in [0.29, 0.717) is 5.39 Å². The minimum absolute atomic E-state index is 0.126. The van der Waals surface area contributed by atoms with Gasteiger partial charge in [-0.3, -0.25) is 0 Å². The van der Waals surface area contributed by atoms with Crippen LogP contribution in [0.25, 0.3) is 10.8 Å². The third-order valence-corrected chi connectivity index (χ3v) is 3.45. The Morgan fingerprint density at radius 2 is 1.45 bits per heavy atom. The molecule has 0 radical (unpaired) electrons. The van der Waals surface area contributed by atoms with E-state index in [1.165, 1.54) is 6.07 Å². The first kappa shape index (κ1) is 14.9. The molecule has 2 aromatic rings. The second-order valence-corrected chi connectivity index (χ2v) is 6.02. The normalized spacial score (nSPS) is 14.6. The van der Waals surface area contributed by atoms with Crippen molar-refractivity contribution >= 4 is 10.8 Å². The summed E-state index contributed by atoms with van der Waals surface area (Å²) < 4.78 is 38.6. The first-order valence-corrected chi connectivity index (χ1v) is 6.47. The lowest BCUT2D eigenvalue weighted by molar-refractivity contribution is -0.148. The van der Waals surface area contributed by atoms with Crippen LogP contribution in [-0.4, -0.2) is 6.18 Å². The van der Waals surface area contributed by atoms with Gasteiger partial charge in [-0.05, 0) is 27.3 Å². The van der Waals surface area contributed by atoms with E-state index in [-0.39, 0.29) is 11.0 Å². The Balaban J connectivity index is 2.73. The predicted octanol–water partition coefficient (Wildman–Crippen LogP) is 4.70. The van der Waals surface area contributed by atoms with Crippen molar-refractivity contribution in [1.29, 1.82) is 0 Å². The molecule has 4 heteroatoms. The third-order valence-electron chi connectivity index (χ3n) is 3.45. The molecule has 1 atom stereocenters. The van der Waals surface area contributed by atoms with Crippen molar-refractivity contribution in [2.45, 2.75) is 38.4 Å². The molecule has 108 valence electrons. The van der Waals surface area contributed by atoms with E-state index in [1.807, 2.05) is 32.9 Å². The van der Waals surface area contributed by atoms with Gasteiger partial charge in [-0.15, -0.1) is 0 Å². The van der Waals surface area contributed by atoms with Gasteiger partial charge in [0.05, 0.1) is 0 Å². The number of alkyl halides is 3. The summed E-state index contributed by atoms with van der Waals surface area (Å²) in [6.45, 7) is 6.12. The van der Waals surface area contributed by atoms with Crippen LogP contribution in [0, 0.1) is 0 Å². The van der Waals surface area contributed by atoms with E-state index in [2.05, 4.69) is 0 Å². The predicted molar refractivity (Wildman–Crippen MR) is 75.6 cm³/mol. The van der Waals surface area contributed by atoms with Gasteiger partial charge in [-0.25, -0.2) is 0 Å². The second-order valence-electron chi connectivity index (χ2n) is 6.02. The number of halogens is 3. The van der Waals surface area contributed by atoms with Crippen molar-refractivity contribution in [3.63, 3.8) is 0 Å². The lowest BCUT2D eigenvalue weighted by Crippen LogP contribution is -2.28. The number of benzene rings is 2. The van der Waals surface area contributed by atoms with Crippen molar-refractivity contribution in [2.75, 3.05) is 0 Å². The van der Waals surface area contributed by atoms with Gasteiger partial charge in [-0.1, -0.05) is 57.2 Å². The topological polar surface area (TPSA) is 26.0 Å². The summed E-state index contributed by atoms with van der Waals surface area (Å²) in [4.78, 5) is 0. The fourth-order valence-corrected chi connectivity index (χ4v) is 2.42. The van der Waals surface area contributed by atoms with Crippen molar-refractivity contribution in [1.82, 2.24) is 0 Å². The quantitative estimate of drug-likeness (QED) is 0.805. The molecule has 0 aliphatic rings. The average Bonchev–Trinajstić information content (AvgIpc) is 2.34. The van der Waals surface area contributed by atoms with Crippen LogP contribution < -0.4 is 5.73 Å². The van der Waals surface area contributed by atoms with Gasteiger partial charge in [0.2, 0.25) is 0 Å². The van der Waals surface area contributed by atoms with Crippen molar-refractivity contribution in [2.24, 2.45) is 5.73 Å². The Morgan fingerprint density at radius 1 is 0.900 bits per heavy atom. The fourth-order valence-electron chi connectivity index (χ4n) is 2.42. The van der Waals surface area contributed by atoms with Crippen molar-refractivity contribution in [3.8, 4) is 0 Å². The number of hydrogen-bond acceptors (Lipinski definition) is 1. The van der Waals surface area contributed by atoms with Crippen LogP contribution in [0.3, 0.4) is 0 Å². The molecule has 0 aliphatic carbocycles. The van der Waals surface area contributed by atoms with E-state index in [4.69, 9.17) is 5.73 Å². The van der Waals surface area contributed by atoms with Crippen LogP contribution in [-0.2, 0) is 5.41 Å². The molecule has 0 saturated heterocycles.